The predicted octanol–water partition coefficient (Wildman–Crippen LogP) is 3.93. The summed E-state index contributed by atoms with van der Waals surface area (Å²) < 4.78 is 5.58. The lowest BCUT2D eigenvalue weighted by molar-refractivity contribution is 0.00615. The molecule has 0 N–H and O–H groups in total. The molecule has 0 aliphatic carbocycles. The van der Waals surface area contributed by atoms with E-state index in [1.807, 2.05) is 0 Å². The first-order chi connectivity index (χ1) is 5.97. The number of rotatable bonds is 0. The highest BCUT2D eigenvalue weighted by atomic mass is 35.5. The third-order valence-corrected chi connectivity index (χ3v) is 4.43. The molecule has 1 nitrogen and oxygen atoms in total. The maximum Gasteiger partial charge on any atom is 0.139 e. The van der Waals surface area contributed by atoms with Crippen molar-refractivity contribution in [2.75, 3.05) is 0 Å². The maximum absolute atomic E-state index is 6.01. The minimum Gasteiger partial charge on any atom is -0.355 e. The van der Waals surface area contributed by atoms with Crippen LogP contribution in [0.2, 0.25) is 0 Å². The fourth-order valence-electron chi connectivity index (χ4n) is 1.55. The van der Waals surface area contributed by atoms with Crippen molar-refractivity contribution in [3.63, 3.8) is 0 Å². The first-order valence-electron chi connectivity index (χ1n) is 3.75. The summed E-state index contributed by atoms with van der Waals surface area (Å²) in [5, 5.41) is 1.97. The second kappa shape index (κ2) is 3.04. The van der Waals surface area contributed by atoms with Gasteiger partial charge in [-0.25, -0.2) is 0 Å². The third kappa shape index (κ3) is 1.25. The van der Waals surface area contributed by atoms with Gasteiger partial charge in [-0.15, -0.1) is 0 Å². The van der Waals surface area contributed by atoms with Crippen LogP contribution in [0.3, 0.4) is 0 Å². The lowest BCUT2D eigenvalue weighted by Crippen LogP contribution is -2.32. The molecule has 0 saturated carbocycles. The molecule has 2 rings (SSSR count). The number of fused-ring (bicyclic) bond motifs is 2. The third-order valence-electron chi connectivity index (χ3n) is 2.31. The van der Waals surface area contributed by atoms with Crippen LogP contribution in [-0.2, 0) is 4.74 Å². The van der Waals surface area contributed by atoms with Gasteiger partial charge >= 0.3 is 0 Å². The Morgan fingerprint density at radius 1 is 1.23 bits per heavy atom. The molecule has 0 aromatic rings. The molecule has 0 aromatic carbocycles. The van der Waals surface area contributed by atoms with E-state index in [4.69, 9.17) is 51.1 Å². The quantitative estimate of drug-likeness (QED) is 0.641. The molecule has 2 aliphatic heterocycles. The van der Waals surface area contributed by atoms with Crippen molar-refractivity contribution < 1.29 is 4.74 Å². The first kappa shape index (κ1) is 10.1. The lowest BCUT2D eigenvalue weighted by atomic mass is 10.1. The molecule has 0 aromatic heterocycles. The highest BCUT2D eigenvalue weighted by Gasteiger charge is 2.49. The van der Waals surface area contributed by atoms with E-state index >= 15 is 0 Å². The van der Waals surface area contributed by atoms with Gasteiger partial charge in [0.2, 0.25) is 0 Å². The van der Waals surface area contributed by atoms with Gasteiger partial charge in [0.05, 0.1) is 15.1 Å². The monoisotopic (exact) mass is 258 g/mol. The molecule has 5 heteroatoms. The zero-order chi connectivity index (χ0) is 9.80. The molecule has 2 unspecified atom stereocenters. The van der Waals surface area contributed by atoms with Crippen LogP contribution >= 0.6 is 46.4 Å². The first-order valence-corrected chi connectivity index (χ1v) is 5.26. The van der Waals surface area contributed by atoms with E-state index in [2.05, 4.69) is 0 Å². The van der Waals surface area contributed by atoms with E-state index in [9.17, 15) is 0 Å². The summed E-state index contributed by atoms with van der Waals surface area (Å²) in [6.45, 7) is 1.77. The average Bonchev–Trinajstić information content (AvgIpc) is 2.27. The Labute approximate surface area is 96.2 Å². The van der Waals surface area contributed by atoms with Crippen LogP contribution in [-0.4, -0.2) is 11.7 Å². The van der Waals surface area contributed by atoms with E-state index in [0.29, 0.717) is 26.5 Å². The number of halogens is 4. The van der Waals surface area contributed by atoms with Gasteiger partial charge in [-0.1, -0.05) is 46.4 Å². The molecule has 0 fully saturated rings. The van der Waals surface area contributed by atoms with Crippen molar-refractivity contribution in [2.24, 2.45) is 0 Å². The Kier molecular flexibility index (Phi) is 2.37. The van der Waals surface area contributed by atoms with Gasteiger partial charge in [-0.05, 0) is 6.92 Å². The fourth-order valence-corrected chi connectivity index (χ4v) is 2.70. The minimum atomic E-state index is -0.819. The predicted molar refractivity (Wildman–Crippen MR) is 55.4 cm³/mol. The Morgan fingerprint density at radius 3 is 2.46 bits per heavy atom. The van der Waals surface area contributed by atoms with Crippen molar-refractivity contribution in [2.45, 2.75) is 25.0 Å². The summed E-state index contributed by atoms with van der Waals surface area (Å²) in [4.78, 5) is 0. The van der Waals surface area contributed by atoms with Crippen molar-refractivity contribution in [3.8, 4) is 0 Å². The molecule has 72 valence electrons. The number of hydrogen-bond donors (Lipinski definition) is 0. The van der Waals surface area contributed by atoms with Crippen LogP contribution in [0.15, 0.2) is 20.1 Å². The summed E-state index contributed by atoms with van der Waals surface area (Å²) in [6, 6.07) is 0. The molecule has 0 spiro atoms. The molecular weight excluding hydrogens is 254 g/mol. The lowest BCUT2D eigenvalue weighted by Gasteiger charge is -2.30. The average molecular weight is 260 g/mol. The Hall–Kier alpha value is 0.600. The minimum absolute atomic E-state index is 0.228. The van der Waals surface area contributed by atoms with Gasteiger partial charge in [0.15, 0.2) is 0 Å². The highest BCUT2D eigenvalue weighted by Crippen LogP contribution is 2.52. The fraction of sp³-hybridized carbons (Fsp3) is 0.500. The van der Waals surface area contributed by atoms with Crippen LogP contribution < -0.4 is 0 Å². The van der Waals surface area contributed by atoms with Crippen LogP contribution in [0.25, 0.3) is 0 Å². The number of ether oxygens (including phenoxy) is 1. The van der Waals surface area contributed by atoms with E-state index in [0.717, 1.165) is 0 Å². The smallest absolute Gasteiger partial charge is 0.139 e. The molecule has 2 heterocycles. The molecular formula is C8H6Cl4O. The molecule has 0 saturated heterocycles. The molecule has 2 aliphatic rings. The summed E-state index contributed by atoms with van der Waals surface area (Å²) in [6.07, 6.45) is 0.277. The SMILES string of the molecule is CC12OC(CC(Cl)=C1Cl)C(Cl)=C2Cl. The van der Waals surface area contributed by atoms with E-state index in [-0.39, 0.29) is 6.10 Å². The van der Waals surface area contributed by atoms with E-state index in [1.54, 1.807) is 6.92 Å². The second-order valence-electron chi connectivity index (χ2n) is 3.22. The largest absolute Gasteiger partial charge is 0.355 e. The maximum atomic E-state index is 6.01. The van der Waals surface area contributed by atoms with Crippen molar-refractivity contribution >= 4 is 46.4 Å². The molecule has 2 bridgehead atoms. The van der Waals surface area contributed by atoms with Crippen LogP contribution in [0.4, 0.5) is 0 Å². The van der Waals surface area contributed by atoms with Gasteiger partial charge in [-0.2, -0.15) is 0 Å². The van der Waals surface area contributed by atoms with Gasteiger partial charge in [0, 0.05) is 11.5 Å². The van der Waals surface area contributed by atoms with Crippen LogP contribution in [0, 0.1) is 0 Å². The summed E-state index contributed by atoms with van der Waals surface area (Å²) in [5.74, 6) is 0. The Bertz CT molecular complexity index is 327. The molecule has 2 atom stereocenters. The van der Waals surface area contributed by atoms with Gasteiger partial charge in [-0.3, -0.25) is 0 Å². The standard InChI is InChI=1S/C8H6Cl4O/c1-8-6(11)3(9)2-4(13-8)5(10)7(8)12/h4H,2H2,1H3. The van der Waals surface area contributed by atoms with Gasteiger partial charge < -0.3 is 4.74 Å². The van der Waals surface area contributed by atoms with Gasteiger partial charge in [0.25, 0.3) is 0 Å². The van der Waals surface area contributed by atoms with Gasteiger partial charge in [0.1, 0.15) is 11.7 Å². The Balaban J connectivity index is 2.57. The Morgan fingerprint density at radius 2 is 1.85 bits per heavy atom. The van der Waals surface area contributed by atoms with Crippen LogP contribution in [0.5, 0.6) is 0 Å². The summed E-state index contributed by atoms with van der Waals surface area (Å²) in [5.41, 5.74) is -0.819. The van der Waals surface area contributed by atoms with E-state index in [1.165, 1.54) is 0 Å². The molecule has 13 heavy (non-hydrogen) atoms. The van der Waals surface area contributed by atoms with Crippen molar-refractivity contribution in [1.29, 1.82) is 0 Å². The van der Waals surface area contributed by atoms with Crippen molar-refractivity contribution in [3.05, 3.63) is 20.1 Å². The molecule has 0 amide bonds. The van der Waals surface area contributed by atoms with Crippen LogP contribution in [0.1, 0.15) is 13.3 Å². The highest BCUT2D eigenvalue weighted by molar-refractivity contribution is 6.45. The van der Waals surface area contributed by atoms with E-state index < -0.39 is 5.60 Å². The zero-order valence-corrected chi connectivity index (χ0v) is 9.73. The summed E-state index contributed by atoms with van der Waals surface area (Å²) in [7, 11) is 0. The molecule has 0 radical (unpaired) electrons. The topological polar surface area (TPSA) is 9.23 Å². The normalized spacial score (nSPS) is 39.0. The van der Waals surface area contributed by atoms with Crippen molar-refractivity contribution in [1.82, 2.24) is 0 Å². The second-order valence-corrected chi connectivity index (χ2v) is 4.84. The summed E-state index contributed by atoms with van der Waals surface area (Å²) >= 11 is 23.9. The number of hydrogen-bond acceptors (Lipinski definition) is 1. The zero-order valence-electron chi connectivity index (χ0n) is 6.70.